The SMILES string of the molecule is Cc1cc(Nc2cc(N3CCC3)c(F)c(C[C@@]3(C(=O)OC(C)(C)C)CCN(Cc4cccc(Cl)c4F)[C@H](C)C3)n2)nn1C(C)(C)C. The van der Waals surface area contributed by atoms with Crippen molar-refractivity contribution in [1.82, 2.24) is 19.7 Å². The average molecular weight is 657 g/mol. The lowest BCUT2D eigenvalue weighted by Crippen LogP contribution is -2.51. The van der Waals surface area contributed by atoms with E-state index in [1.54, 1.807) is 18.2 Å². The summed E-state index contributed by atoms with van der Waals surface area (Å²) in [5, 5.41) is 8.14. The van der Waals surface area contributed by atoms with Crippen molar-refractivity contribution in [3.63, 3.8) is 0 Å². The number of hydrogen-bond acceptors (Lipinski definition) is 7. The van der Waals surface area contributed by atoms with E-state index in [-0.39, 0.29) is 34.7 Å². The van der Waals surface area contributed by atoms with Crippen molar-refractivity contribution >= 4 is 34.9 Å². The van der Waals surface area contributed by atoms with Gasteiger partial charge in [-0.1, -0.05) is 23.7 Å². The number of carbonyl (C=O) groups is 1. The Kier molecular flexibility index (Phi) is 9.45. The Hall–Kier alpha value is -3.24. The van der Waals surface area contributed by atoms with Gasteiger partial charge in [-0.05, 0) is 87.3 Å². The number of nitrogens with zero attached hydrogens (tertiary/aromatic N) is 5. The van der Waals surface area contributed by atoms with Crippen molar-refractivity contribution in [2.45, 2.75) is 105 Å². The molecule has 2 aromatic heterocycles. The number of nitrogens with one attached hydrogen (secondary N) is 1. The van der Waals surface area contributed by atoms with Crippen LogP contribution in [0, 0.1) is 24.0 Å². The minimum Gasteiger partial charge on any atom is -0.460 e. The second-order valence-corrected chi connectivity index (χ2v) is 15.4. The van der Waals surface area contributed by atoms with Crippen molar-refractivity contribution < 1.29 is 18.3 Å². The Morgan fingerprint density at radius 2 is 1.80 bits per heavy atom. The number of piperidine rings is 1. The number of aromatic nitrogens is 3. The normalized spacial score (nSPS) is 20.8. The quantitative estimate of drug-likeness (QED) is 0.248. The van der Waals surface area contributed by atoms with Gasteiger partial charge < -0.3 is 15.0 Å². The Morgan fingerprint density at radius 1 is 1.09 bits per heavy atom. The first kappa shape index (κ1) is 34.1. The number of esters is 1. The van der Waals surface area contributed by atoms with Gasteiger partial charge >= 0.3 is 5.97 Å². The molecule has 1 N–H and O–H groups in total. The molecule has 8 nitrogen and oxygen atoms in total. The maximum absolute atomic E-state index is 16.4. The molecule has 0 amide bonds. The monoisotopic (exact) mass is 656 g/mol. The fourth-order valence-electron chi connectivity index (χ4n) is 6.51. The van der Waals surface area contributed by atoms with Crippen LogP contribution < -0.4 is 10.2 Å². The van der Waals surface area contributed by atoms with Crippen molar-refractivity contribution in [3.8, 4) is 0 Å². The Bertz CT molecular complexity index is 1590. The highest BCUT2D eigenvalue weighted by Gasteiger charge is 2.47. The van der Waals surface area contributed by atoms with E-state index in [1.807, 2.05) is 50.3 Å². The van der Waals surface area contributed by atoms with E-state index < -0.39 is 22.7 Å². The molecule has 1 aromatic carbocycles. The summed E-state index contributed by atoms with van der Waals surface area (Å²) in [6.07, 6.45) is 1.86. The first-order valence-corrected chi connectivity index (χ1v) is 16.5. The zero-order valence-electron chi connectivity index (χ0n) is 28.3. The fourth-order valence-corrected chi connectivity index (χ4v) is 6.70. The number of carbonyl (C=O) groups excluding carboxylic acids is 1. The molecule has 2 saturated heterocycles. The van der Waals surface area contributed by atoms with Gasteiger partial charge in [0.15, 0.2) is 11.6 Å². The van der Waals surface area contributed by atoms with Gasteiger partial charge in [-0.3, -0.25) is 14.4 Å². The molecule has 2 atom stereocenters. The molecule has 2 aliphatic heterocycles. The second-order valence-electron chi connectivity index (χ2n) is 15.0. The molecule has 0 radical (unpaired) electrons. The van der Waals surface area contributed by atoms with Crippen LogP contribution in [0.1, 0.15) is 84.7 Å². The third-order valence-electron chi connectivity index (χ3n) is 8.91. The first-order chi connectivity index (χ1) is 21.5. The number of halogens is 3. The predicted molar refractivity (Wildman–Crippen MR) is 179 cm³/mol. The Morgan fingerprint density at radius 3 is 2.39 bits per heavy atom. The first-order valence-electron chi connectivity index (χ1n) is 16.1. The molecule has 46 heavy (non-hydrogen) atoms. The van der Waals surface area contributed by atoms with Crippen LogP contribution in [0.3, 0.4) is 0 Å². The standard InChI is InChI=1S/C35H47ClF2N6O2/c1-22-17-29(41-44(22)33(3,4)5)40-28-18-27(42-14-10-15-42)31(38)26(39-28)20-35(32(45)46-34(6,7)8)13-16-43(23(2)19-35)21-24-11-9-12-25(36)30(24)37/h9,11-12,17-18,23H,10,13-16,19-21H2,1-8H3,(H,39,40,41)/t23-,35-/m1/s1. The summed E-state index contributed by atoms with van der Waals surface area (Å²) in [5.74, 6) is -0.134. The number of rotatable bonds is 8. The predicted octanol–water partition coefficient (Wildman–Crippen LogP) is 7.78. The van der Waals surface area contributed by atoms with Gasteiger partial charge in [0.2, 0.25) is 0 Å². The van der Waals surface area contributed by atoms with Crippen LogP contribution in [0.4, 0.5) is 26.1 Å². The number of anilines is 3. The topological polar surface area (TPSA) is 75.5 Å². The van der Waals surface area contributed by atoms with E-state index in [1.165, 1.54) is 6.07 Å². The number of likely N-dealkylation sites (tertiary alicyclic amines) is 1. The molecular formula is C35H47ClF2N6O2. The van der Waals surface area contributed by atoms with E-state index in [9.17, 15) is 9.18 Å². The lowest BCUT2D eigenvalue weighted by atomic mass is 9.72. The maximum Gasteiger partial charge on any atom is 0.313 e. The van der Waals surface area contributed by atoms with E-state index in [0.717, 1.165) is 25.2 Å². The van der Waals surface area contributed by atoms with Crippen molar-refractivity contribution in [3.05, 3.63) is 63.9 Å². The molecule has 4 heterocycles. The van der Waals surface area contributed by atoms with Crippen LogP contribution in [0.25, 0.3) is 0 Å². The Balaban J connectivity index is 1.48. The van der Waals surface area contributed by atoms with E-state index >= 15 is 4.39 Å². The van der Waals surface area contributed by atoms with Gasteiger partial charge in [0.1, 0.15) is 17.2 Å². The highest BCUT2D eigenvalue weighted by molar-refractivity contribution is 6.30. The minimum absolute atomic E-state index is 0.0727. The van der Waals surface area contributed by atoms with Crippen molar-refractivity contribution in [2.24, 2.45) is 5.41 Å². The molecule has 250 valence electrons. The van der Waals surface area contributed by atoms with Crippen LogP contribution in [0.5, 0.6) is 0 Å². The number of benzene rings is 1. The molecule has 2 fully saturated rings. The lowest BCUT2D eigenvalue weighted by Gasteiger charge is -2.45. The van der Waals surface area contributed by atoms with Gasteiger partial charge in [-0.2, -0.15) is 5.10 Å². The van der Waals surface area contributed by atoms with Gasteiger partial charge in [-0.25, -0.2) is 13.8 Å². The van der Waals surface area contributed by atoms with Gasteiger partial charge in [0, 0.05) is 55.5 Å². The van der Waals surface area contributed by atoms with Crippen molar-refractivity contribution in [2.75, 3.05) is 29.9 Å². The zero-order valence-corrected chi connectivity index (χ0v) is 29.1. The Labute approximate surface area is 276 Å². The fraction of sp³-hybridized carbons (Fsp3) is 0.571. The third-order valence-corrected chi connectivity index (χ3v) is 9.20. The maximum atomic E-state index is 16.4. The molecule has 0 spiro atoms. The molecule has 11 heteroatoms. The minimum atomic E-state index is -1.03. The number of hydrogen-bond donors (Lipinski definition) is 1. The van der Waals surface area contributed by atoms with Gasteiger partial charge in [-0.15, -0.1) is 0 Å². The number of aryl methyl sites for hydroxylation is 1. The van der Waals surface area contributed by atoms with Crippen LogP contribution in [0.15, 0.2) is 30.3 Å². The largest absolute Gasteiger partial charge is 0.460 e. The molecule has 3 aromatic rings. The summed E-state index contributed by atoms with van der Waals surface area (Å²) >= 11 is 6.05. The molecule has 0 bridgehead atoms. The average Bonchev–Trinajstić information content (AvgIpc) is 3.29. The third kappa shape index (κ3) is 7.33. The highest BCUT2D eigenvalue weighted by atomic mass is 35.5. The van der Waals surface area contributed by atoms with Gasteiger partial charge in [0.05, 0.1) is 27.4 Å². The van der Waals surface area contributed by atoms with E-state index in [0.29, 0.717) is 48.8 Å². The van der Waals surface area contributed by atoms with Crippen molar-refractivity contribution in [1.29, 1.82) is 0 Å². The summed E-state index contributed by atoms with van der Waals surface area (Å²) in [7, 11) is 0. The second kappa shape index (κ2) is 12.8. The highest BCUT2D eigenvalue weighted by Crippen LogP contribution is 2.42. The van der Waals surface area contributed by atoms with Crippen LogP contribution in [-0.2, 0) is 28.0 Å². The number of pyridine rings is 1. The van der Waals surface area contributed by atoms with Crippen LogP contribution in [-0.4, -0.2) is 56.9 Å². The summed E-state index contributed by atoms with van der Waals surface area (Å²) < 4.78 is 39.1. The molecule has 0 saturated carbocycles. The smallest absolute Gasteiger partial charge is 0.313 e. The summed E-state index contributed by atoms with van der Waals surface area (Å²) in [6.45, 7) is 18.1. The van der Waals surface area contributed by atoms with E-state index in [2.05, 4.69) is 31.0 Å². The molecular weight excluding hydrogens is 610 g/mol. The van der Waals surface area contributed by atoms with Gasteiger partial charge in [0.25, 0.3) is 0 Å². The molecule has 0 unspecified atom stereocenters. The summed E-state index contributed by atoms with van der Waals surface area (Å²) in [6, 6.07) is 8.55. The molecule has 2 aliphatic rings. The summed E-state index contributed by atoms with van der Waals surface area (Å²) in [5.41, 5.74) is 0.202. The number of ether oxygens (including phenoxy) is 1. The van der Waals surface area contributed by atoms with Crippen LogP contribution in [0.2, 0.25) is 5.02 Å². The van der Waals surface area contributed by atoms with E-state index in [4.69, 9.17) is 26.4 Å². The molecule has 0 aliphatic carbocycles. The lowest BCUT2D eigenvalue weighted by molar-refractivity contribution is -0.172. The molecule has 5 rings (SSSR count). The summed E-state index contributed by atoms with van der Waals surface area (Å²) in [4.78, 5) is 23.0. The zero-order chi connectivity index (χ0) is 33.6. The van der Waals surface area contributed by atoms with Crippen LogP contribution >= 0.6 is 11.6 Å².